The van der Waals surface area contributed by atoms with Crippen molar-refractivity contribution in [3.8, 4) is 12.5 Å². The number of terminal acetylenes is 1. The molecule has 2 nitrogen and oxygen atoms in total. The van der Waals surface area contributed by atoms with Crippen LogP contribution in [0.3, 0.4) is 0 Å². The molecule has 0 amide bonds. The molecule has 0 radical (unpaired) electrons. The lowest BCUT2D eigenvalue weighted by Gasteiger charge is -2.32. The Morgan fingerprint density at radius 3 is 2.46 bits per heavy atom. The molecule has 0 bridgehead atoms. The van der Waals surface area contributed by atoms with Gasteiger partial charge in [0, 0.05) is 11.5 Å². The van der Waals surface area contributed by atoms with Crippen LogP contribution >= 0.6 is 0 Å². The fourth-order valence-electron chi connectivity index (χ4n) is 2.33. The number of likely N-dealkylation sites (tertiary alicyclic amines) is 1. The smallest absolute Gasteiger partial charge is 0.160 e. The Morgan fingerprint density at radius 1 is 1.62 bits per heavy atom. The second-order valence-electron chi connectivity index (χ2n) is 4.59. The average molecular weight is 179 g/mol. The van der Waals surface area contributed by atoms with Crippen molar-refractivity contribution in [1.82, 2.24) is 4.90 Å². The zero-order chi connectivity index (χ0) is 10.2. The molecule has 1 rings (SSSR count). The van der Waals surface area contributed by atoms with Gasteiger partial charge in [0.2, 0.25) is 0 Å². The lowest BCUT2D eigenvalue weighted by molar-refractivity contribution is -0.123. The maximum absolute atomic E-state index is 11.6. The molecular weight excluding hydrogens is 162 g/mol. The van der Waals surface area contributed by atoms with E-state index >= 15 is 0 Å². The van der Waals surface area contributed by atoms with Crippen LogP contribution in [0.2, 0.25) is 0 Å². The third-order valence-electron chi connectivity index (χ3n) is 2.91. The molecule has 1 fully saturated rings. The van der Waals surface area contributed by atoms with E-state index in [1.165, 1.54) is 0 Å². The number of rotatable bonds is 1. The van der Waals surface area contributed by atoms with Gasteiger partial charge in [0.05, 0.1) is 12.6 Å². The van der Waals surface area contributed by atoms with Gasteiger partial charge >= 0.3 is 0 Å². The number of Topliss-reactive ketones (excluding diaryl/α,β-unsaturated/α-hetero) is 1. The van der Waals surface area contributed by atoms with Crippen LogP contribution in [0.25, 0.3) is 0 Å². The van der Waals surface area contributed by atoms with E-state index in [0.29, 0.717) is 12.5 Å². The maximum atomic E-state index is 11.6. The van der Waals surface area contributed by atoms with Crippen molar-refractivity contribution >= 4 is 5.78 Å². The summed E-state index contributed by atoms with van der Waals surface area (Å²) in [5.74, 6) is 0.668. The van der Waals surface area contributed by atoms with E-state index < -0.39 is 0 Å². The molecule has 0 saturated carbocycles. The monoisotopic (exact) mass is 179 g/mol. The molecule has 1 atom stereocenters. The van der Waals surface area contributed by atoms with Gasteiger partial charge in [-0.3, -0.25) is 4.79 Å². The lowest BCUT2D eigenvalue weighted by atomic mass is 9.78. The summed E-state index contributed by atoms with van der Waals surface area (Å²) in [5.41, 5.74) is -0.291. The molecular formula is C11H17NO. The minimum absolute atomic E-state index is 0.185. The van der Waals surface area contributed by atoms with Crippen LogP contribution in [0, 0.1) is 23.8 Å². The highest BCUT2D eigenvalue weighted by Gasteiger charge is 2.47. The molecule has 1 saturated heterocycles. The van der Waals surface area contributed by atoms with Gasteiger partial charge in [-0.25, -0.2) is 0 Å². The fourth-order valence-corrected chi connectivity index (χ4v) is 2.33. The first-order valence-electron chi connectivity index (χ1n) is 4.67. The third kappa shape index (κ3) is 1.44. The first-order chi connectivity index (χ1) is 5.91. The summed E-state index contributed by atoms with van der Waals surface area (Å²) < 4.78 is 0. The standard InChI is InChI=1S/C11H17NO/c1-6-12-7-9(13)11(4,5)10(12)8(2)3/h1,8,10H,7H2,2-5H3. The summed E-state index contributed by atoms with van der Waals surface area (Å²) in [6, 6.07) is 2.78. The van der Waals surface area contributed by atoms with Gasteiger partial charge < -0.3 is 4.90 Å². The third-order valence-corrected chi connectivity index (χ3v) is 2.91. The zero-order valence-corrected chi connectivity index (χ0v) is 8.79. The number of ketones is 1. The highest BCUT2D eigenvalue weighted by molar-refractivity contribution is 5.89. The van der Waals surface area contributed by atoms with Crippen molar-refractivity contribution in [3.63, 3.8) is 0 Å². The molecule has 0 aromatic heterocycles. The Kier molecular flexibility index (Phi) is 2.38. The highest BCUT2D eigenvalue weighted by Crippen LogP contribution is 2.36. The molecule has 1 heterocycles. The van der Waals surface area contributed by atoms with Crippen LogP contribution < -0.4 is 0 Å². The number of carbonyl (C=O) groups excluding carboxylic acids is 1. The van der Waals surface area contributed by atoms with Crippen LogP contribution in [0.4, 0.5) is 0 Å². The molecule has 1 unspecified atom stereocenters. The van der Waals surface area contributed by atoms with E-state index in [2.05, 4.69) is 19.9 Å². The molecule has 0 aromatic rings. The van der Waals surface area contributed by atoms with Crippen molar-refractivity contribution in [2.24, 2.45) is 11.3 Å². The van der Waals surface area contributed by atoms with Crippen molar-refractivity contribution in [3.05, 3.63) is 0 Å². The summed E-state index contributed by atoms with van der Waals surface area (Å²) in [7, 11) is 0. The average Bonchev–Trinajstić information content (AvgIpc) is 2.22. The number of nitrogens with zero attached hydrogens (tertiary/aromatic N) is 1. The lowest BCUT2D eigenvalue weighted by Crippen LogP contribution is -2.39. The van der Waals surface area contributed by atoms with Gasteiger partial charge in [-0.05, 0) is 5.92 Å². The van der Waals surface area contributed by atoms with E-state index in [4.69, 9.17) is 6.42 Å². The normalized spacial score (nSPS) is 26.6. The van der Waals surface area contributed by atoms with E-state index in [9.17, 15) is 4.79 Å². The summed E-state index contributed by atoms with van der Waals surface area (Å²) in [5, 5.41) is 0. The molecule has 0 N–H and O–H groups in total. The number of carbonyl (C=O) groups is 1. The Morgan fingerprint density at radius 2 is 2.15 bits per heavy atom. The van der Waals surface area contributed by atoms with Gasteiger partial charge in [-0.2, -0.15) is 0 Å². The Hall–Kier alpha value is -0.970. The maximum Gasteiger partial charge on any atom is 0.160 e. The summed E-state index contributed by atoms with van der Waals surface area (Å²) in [6.45, 7) is 8.59. The summed E-state index contributed by atoms with van der Waals surface area (Å²) in [6.07, 6.45) is 5.37. The molecule has 0 aromatic carbocycles. The van der Waals surface area contributed by atoms with Crippen LogP contribution in [0.15, 0.2) is 0 Å². The molecule has 2 heteroatoms. The van der Waals surface area contributed by atoms with Gasteiger partial charge in [0.1, 0.15) is 0 Å². The predicted molar refractivity (Wildman–Crippen MR) is 53.0 cm³/mol. The molecule has 13 heavy (non-hydrogen) atoms. The molecule has 0 aliphatic carbocycles. The van der Waals surface area contributed by atoms with Gasteiger partial charge in [-0.1, -0.05) is 34.1 Å². The van der Waals surface area contributed by atoms with Crippen molar-refractivity contribution in [2.75, 3.05) is 6.54 Å². The van der Waals surface area contributed by atoms with Crippen molar-refractivity contribution in [2.45, 2.75) is 33.7 Å². The van der Waals surface area contributed by atoms with Crippen molar-refractivity contribution < 1.29 is 4.79 Å². The second kappa shape index (κ2) is 3.06. The zero-order valence-electron chi connectivity index (χ0n) is 8.79. The number of hydrogen-bond donors (Lipinski definition) is 0. The number of hydrogen-bond acceptors (Lipinski definition) is 2. The molecule has 1 aliphatic rings. The first kappa shape index (κ1) is 10.1. The van der Waals surface area contributed by atoms with E-state index in [1.807, 2.05) is 18.7 Å². The van der Waals surface area contributed by atoms with Gasteiger partial charge in [-0.15, -0.1) is 0 Å². The van der Waals surface area contributed by atoms with Crippen LogP contribution in [-0.2, 0) is 4.79 Å². The van der Waals surface area contributed by atoms with Crippen LogP contribution in [0.1, 0.15) is 27.7 Å². The highest BCUT2D eigenvalue weighted by atomic mass is 16.1. The molecule has 0 spiro atoms. The first-order valence-corrected chi connectivity index (χ1v) is 4.67. The van der Waals surface area contributed by atoms with Crippen LogP contribution in [0.5, 0.6) is 0 Å². The van der Waals surface area contributed by atoms with E-state index in [-0.39, 0.29) is 17.2 Å². The molecule has 1 aliphatic heterocycles. The van der Waals surface area contributed by atoms with Crippen LogP contribution in [-0.4, -0.2) is 23.3 Å². The van der Waals surface area contributed by atoms with Gasteiger partial charge in [0.15, 0.2) is 5.78 Å². The largest absolute Gasteiger partial charge is 0.321 e. The quantitative estimate of drug-likeness (QED) is 0.569. The second-order valence-corrected chi connectivity index (χ2v) is 4.59. The van der Waals surface area contributed by atoms with Gasteiger partial charge in [0.25, 0.3) is 0 Å². The summed E-state index contributed by atoms with van der Waals surface area (Å²) >= 11 is 0. The summed E-state index contributed by atoms with van der Waals surface area (Å²) in [4.78, 5) is 13.5. The minimum Gasteiger partial charge on any atom is -0.321 e. The Balaban J connectivity index is 3.00. The van der Waals surface area contributed by atoms with E-state index in [0.717, 1.165) is 0 Å². The molecule has 72 valence electrons. The predicted octanol–water partition coefficient (Wildman–Crippen LogP) is 1.51. The Labute approximate surface area is 80.3 Å². The minimum atomic E-state index is -0.291. The van der Waals surface area contributed by atoms with E-state index in [1.54, 1.807) is 0 Å². The SMILES string of the molecule is C#CN1CC(=O)C(C)(C)C1C(C)C. The topological polar surface area (TPSA) is 20.3 Å². The Bertz CT molecular complexity index is 260. The van der Waals surface area contributed by atoms with Crippen molar-refractivity contribution in [1.29, 1.82) is 0 Å². The fraction of sp³-hybridized carbons (Fsp3) is 0.727.